The van der Waals surface area contributed by atoms with E-state index < -0.39 is 26.8 Å². The summed E-state index contributed by atoms with van der Waals surface area (Å²) in [6.45, 7) is 0.180. The van der Waals surface area contributed by atoms with E-state index in [4.69, 9.17) is 9.47 Å². The van der Waals surface area contributed by atoms with Gasteiger partial charge in [0.1, 0.15) is 17.9 Å². The van der Waals surface area contributed by atoms with Crippen molar-refractivity contribution in [3.05, 3.63) is 91.5 Å². The number of carbonyl (C=O) groups is 2. The molecule has 0 aromatic heterocycles. The molecule has 0 radical (unpaired) electrons. The van der Waals surface area contributed by atoms with Gasteiger partial charge in [0, 0.05) is 12.1 Å². The molecule has 0 atom stereocenters. The Labute approximate surface area is 227 Å². The molecule has 3 aromatic carbocycles. The second-order valence-corrected chi connectivity index (χ2v) is 6.58. The van der Waals surface area contributed by atoms with Gasteiger partial charge < -0.3 is 19.3 Å². The molecule has 12 nitrogen and oxygen atoms in total. The zero-order chi connectivity index (χ0) is 26.0. The third-order valence-corrected chi connectivity index (χ3v) is 4.57. The Morgan fingerprint density at radius 3 is 1.75 bits per heavy atom. The van der Waals surface area contributed by atoms with Gasteiger partial charge in [-0.25, -0.2) is 0 Å². The Morgan fingerprint density at radius 2 is 1.28 bits per heavy atom. The molecule has 3 aromatic rings. The van der Waals surface area contributed by atoms with Crippen molar-refractivity contribution >= 4 is 23.9 Å². The normalized spacial score (nSPS) is 9.50. The Balaban J connectivity index is 0.000000379. The third kappa shape index (κ3) is 7.25. The van der Waals surface area contributed by atoms with Gasteiger partial charge in [0.25, 0.3) is 11.4 Å². The molecule has 13 heteroatoms. The molecule has 36 heavy (non-hydrogen) atoms. The topological polar surface area (TPSA) is 171 Å². The van der Waals surface area contributed by atoms with Crippen LogP contribution in [0.1, 0.15) is 26.3 Å². The van der Waals surface area contributed by atoms with E-state index in [-0.39, 0.29) is 70.9 Å². The molecule has 0 spiro atoms. The van der Waals surface area contributed by atoms with Crippen LogP contribution in [0, 0.1) is 20.2 Å². The van der Waals surface area contributed by atoms with Crippen LogP contribution in [0.15, 0.2) is 54.6 Å². The van der Waals surface area contributed by atoms with Gasteiger partial charge in [-0.05, 0) is 23.4 Å². The number of nitro benzene ring substituents is 2. The van der Waals surface area contributed by atoms with Gasteiger partial charge in [0.2, 0.25) is 0 Å². The second kappa shape index (κ2) is 14.4. The molecule has 0 unspecified atom stereocenters. The first-order valence-electron chi connectivity index (χ1n) is 9.73. The molecule has 0 saturated heterocycles. The van der Waals surface area contributed by atoms with Crippen molar-refractivity contribution in [3.63, 3.8) is 0 Å². The minimum absolute atomic E-state index is 0. The average Bonchev–Trinajstić information content (AvgIpc) is 2.87. The standard InChI is InChI=1S/C15H13NO5.C8H7NO5.Na/c1-20-14-8-7-13(16(18)19)12(9-17)15(14)21-10-11-5-3-2-4-6-11;1-14-7-3-2-6(9(12)13)5(4-10)8(7)11;/h2-9H,10H2,1H3;2-4,11H,1H3;/q;;+1/p-1. The summed E-state index contributed by atoms with van der Waals surface area (Å²) < 4.78 is 15.3. The van der Waals surface area contributed by atoms with Crippen molar-refractivity contribution in [1.82, 2.24) is 0 Å². The van der Waals surface area contributed by atoms with Crippen LogP contribution >= 0.6 is 0 Å². The monoisotopic (exact) mass is 506 g/mol. The molecule has 0 bridgehead atoms. The van der Waals surface area contributed by atoms with E-state index in [9.17, 15) is 34.9 Å². The second-order valence-electron chi connectivity index (χ2n) is 6.58. The van der Waals surface area contributed by atoms with Crippen molar-refractivity contribution in [2.45, 2.75) is 6.61 Å². The summed E-state index contributed by atoms with van der Waals surface area (Å²) in [5, 5.41) is 32.7. The fraction of sp³-hybridized carbons (Fsp3) is 0.130. The molecule has 0 aliphatic heterocycles. The van der Waals surface area contributed by atoms with E-state index in [0.29, 0.717) is 6.29 Å². The van der Waals surface area contributed by atoms with Crippen molar-refractivity contribution in [3.8, 4) is 23.0 Å². The SMILES string of the molecule is COc1ccc([N+](=O)[O-])c(C=O)c1OCc1ccccc1.COc1ccc([N+](=O)[O-])c(C=O)c1[O-].[Na+]. The van der Waals surface area contributed by atoms with Crippen molar-refractivity contribution in [1.29, 1.82) is 0 Å². The maximum atomic E-state index is 11.3. The van der Waals surface area contributed by atoms with Crippen LogP contribution in [0.2, 0.25) is 0 Å². The zero-order valence-electron chi connectivity index (χ0n) is 19.5. The number of methoxy groups -OCH3 is 2. The fourth-order valence-corrected chi connectivity index (χ4v) is 2.88. The first-order valence-corrected chi connectivity index (χ1v) is 9.73. The molecule has 0 N–H and O–H groups in total. The molecule has 3 rings (SSSR count). The van der Waals surface area contributed by atoms with E-state index >= 15 is 0 Å². The number of nitrogens with zero attached hydrogens (tertiary/aromatic N) is 2. The minimum Gasteiger partial charge on any atom is -0.869 e. The number of aldehydes is 2. The summed E-state index contributed by atoms with van der Waals surface area (Å²) in [7, 11) is 2.66. The van der Waals surface area contributed by atoms with Gasteiger partial charge in [0.05, 0.1) is 29.6 Å². The summed E-state index contributed by atoms with van der Waals surface area (Å²) in [5.74, 6) is -0.501. The van der Waals surface area contributed by atoms with E-state index in [0.717, 1.165) is 17.7 Å². The summed E-state index contributed by atoms with van der Waals surface area (Å²) in [6.07, 6.45) is 0.559. The Kier molecular flexibility index (Phi) is 12.0. The number of rotatable bonds is 9. The Bertz CT molecular complexity index is 1240. The molecule has 0 aliphatic rings. The molecule has 0 aliphatic carbocycles. The maximum absolute atomic E-state index is 11.3. The summed E-state index contributed by atoms with van der Waals surface area (Å²) >= 11 is 0. The summed E-state index contributed by atoms with van der Waals surface area (Å²) in [6, 6.07) is 14.1. The number of hydrogen-bond acceptors (Lipinski definition) is 10. The van der Waals surface area contributed by atoms with Crippen molar-refractivity contribution in [2.75, 3.05) is 14.2 Å². The van der Waals surface area contributed by atoms with Crippen LogP contribution in [0.4, 0.5) is 11.4 Å². The number of carbonyl (C=O) groups excluding carboxylic acids is 2. The van der Waals surface area contributed by atoms with E-state index in [1.807, 2.05) is 30.3 Å². The average molecular weight is 506 g/mol. The van der Waals surface area contributed by atoms with Crippen LogP contribution in [0.3, 0.4) is 0 Å². The minimum atomic E-state index is -0.787. The summed E-state index contributed by atoms with van der Waals surface area (Å²) in [5.41, 5.74) is -0.563. The van der Waals surface area contributed by atoms with Gasteiger partial charge in [-0.2, -0.15) is 0 Å². The van der Waals surface area contributed by atoms with E-state index in [1.165, 1.54) is 26.4 Å². The maximum Gasteiger partial charge on any atom is 1.00 e. The molecule has 0 heterocycles. The molecule has 0 amide bonds. The molecule has 182 valence electrons. The van der Waals surface area contributed by atoms with Gasteiger partial charge in [-0.15, -0.1) is 0 Å². The molecule has 0 saturated carbocycles. The number of ether oxygens (including phenoxy) is 3. The summed E-state index contributed by atoms with van der Waals surface area (Å²) in [4.78, 5) is 41.6. The molecule has 0 fully saturated rings. The predicted molar refractivity (Wildman–Crippen MR) is 120 cm³/mol. The Hall–Kier alpha value is -4.00. The quantitative estimate of drug-likeness (QED) is 0.172. The molecular weight excluding hydrogens is 487 g/mol. The van der Waals surface area contributed by atoms with Crippen LogP contribution in [-0.4, -0.2) is 36.6 Å². The Morgan fingerprint density at radius 1 is 0.778 bits per heavy atom. The van der Waals surface area contributed by atoms with Gasteiger partial charge >= 0.3 is 29.6 Å². The van der Waals surface area contributed by atoms with Gasteiger partial charge in [0.15, 0.2) is 24.1 Å². The fourth-order valence-electron chi connectivity index (χ4n) is 2.88. The number of nitro groups is 2. The van der Waals surface area contributed by atoms with Crippen molar-refractivity contribution in [2.24, 2.45) is 0 Å². The smallest absolute Gasteiger partial charge is 0.869 e. The van der Waals surface area contributed by atoms with Crippen LogP contribution in [-0.2, 0) is 6.61 Å². The van der Waals surface area contributed by atoms with Crippen molar-refractivity contribution < 1.29 is 68.3 Å². The van der Waals surface area contributed by atoms with E-state index in [2.05, 4.69) is 4.74 Å². The number of hydrogen-bond donors (Lipinski definition) is 0. The third-order valence-electron chi connectivity index (χ3n) is 4.57. The molecular formula is C23H19N2NaO10. The number of benzene rings is 3. The first-order chi connectivity index (χ1) is 16.8. The first kappa shape index (κ1) is 30.0. The van der Waals surface area contributed by atoms with Gasteiger partial charge in [-0.1, -0.05) is 30.3 Å². The van der Waals surface area contributed by atoms with Crippen LogP contribution < -0.4 is 48.9 Å². The van der Waals surface area contributed by atoms with E-state index in [1.54, 1.807) is 0 Å². The van der Waals surface area contributed by atoms with Gasteiger partial charge in [-0.3, -0.25) is 29.8 Å². The van der Waals surface area contributed by atoms with Crippen LogP contribution in [0.5, 0.6) is 23.0 Å². The van der Waals surface area contributed by atoms with Crippen LogP contribution in [0.25, 0.3) is 0 Å². The zero-order valence-corrected chi connectivity index (χ0v) is 21.5. The predicted octanol–water partition coefficient (Wildman–Crippen LogP) is 0.488. The largest absolute Gasteiger partial charge is 1.00 e.